The molecule has 1 aromatic heterocycles. The number of ether oxygens (including phenoxy) is 2. The van der Waals surface area contributed by atoms with Crippen LogP contribution < -0.4 is 10.1 Å². The van der Waals surface area contributed by atoms with Gasteiger partial charge in [-0.15, -0.1) is 0 Å². The summed E-state index contributed by atoms with van der Waals surface area (Å²) in [6.07, 6.45) is 2.94. The molecular weight excluding hydrogens is 490 g/mol. The second-order valence-corrected chi connectivity index (χ2v) is 10.6. The number of hydrogen-bond donors (Lipinski definition) is 2. The summed E-state index contributed by atoms with van der Waals surface area (Å²) in [6.45, 7) is 3.28. The molecule has 1 atom stereocenters. The van der Waals surface area contributed by atoms with E-state index in [2.05, 4.69) is 21.3 Å². The number of hydrogen-bond acceptors (Lipinski definition) is 6. The van der Waals surface area contributed by atoms with E-state index in [-0.39, 0.29) is 25.4 Å². The number of aromatic nitrogens is 1. The minimum Gasteiger partial charge on any atom is -0.496 e. The monoisotopic (exact) mass is 522 g/mol. The minimum atomic E-state index is -2.62. The van der Waals surface area contributed by atoms with E-state index in [4.69, 9.17) is 9.47 Å². The molecule has 2 fully saturated rings. The number of halogens is 2. The number of rotatable bonds is 7. The molecule has 38 heavy (non-hydrogen) atoms. The number of methoxy groups -OCH3 is 2. The predicted octanol–water partition coefficient (Wildman–Crippen LogP) is 5.96. The molecular formula is C29H32F2N4O3. The van der Waals surface area contributed by atoms with Crippen molar-refractivity contribution in [2.75, 3.05) is 32.6 Å². The van der Waals surface area contributed by atoms with Crippen molar-refractivity contribution < 1.29 is 23.0 Å². The SMILES string of the molecule is COC(=O)c1ccc([C@@H]2CC3(CCN2Cc2c(OC)cc(C)c4[nH]ccc24)CC(F)(F)C3)c(NCC#N)c1. The molecule has 0 bridgehead atoms. The smallest absolute Gasteiger partial charge is 0.337 e. The molecule has 7 nitrogen and oxygen atoms in total. The molecule has 5 rings (SSSR count). The van der Waals surface area contributed by atoms with Crippen molar-refractivity contribution in [1.82, 2.24) is 9.88 Å². The van der Waals surface area contributed by atoms with Crippen LogP contribution in [0.4, 0.5) is 14.5 Å². The second-order valence-electron chi connectivity index (χ2n) is 10.6. The van der Waals surface area contributed by atoms with Gasteiger partial charge in [0.2, 0.25) is 5.92 Å². The van der Waals surface area contributed by atoms with Crippen LogP contribution in [-0.2, 0) is 11.3 Å². The number of anilines is 1. The lowest BCUT2D eigenvalue weighted by molar-refractivity contribution is -0.186. The molecule has 3 aromatic rings. The molecule has 1 saturated carbocycles. The summed E-state index contributed by atoms with van der Waals surface area (Å²) < 4.78 is 38.9. The number of alkyl halides is 2. The van der Waals surface area contributed by atoms with Crippen molar-refractivity contribution in [3.63, 3.8) is 0 Å². The molecule has 0 radical (unpaired) electrons. The summed E-state index contributed by atoms with van der Waals surface area (Å²) in [5.74, 6) is -2.32. The van der Waals surface area contributed by atoms with E-state index in [0.29, 0.717) is 37.2 Å². The van der Waals surface area contributed by atoms with Gasteiger partial charge in [-0.25, -0.2) is 13.6 Å². The fourth-order valence-corrected chi connectivity index (χ4v) is 6.40. The third kappa shape index (κ3) is 4.69. The summed E-state index contributed by atoms with van der Waals surface area (Å²) in [5.41, 5.74) is 4.60. The van der Waals surface area contributed by atoms with Crippen molar-refractivity contribution in [3.8, 4) is 11.8 Å². The number of carbonyl (C=O) groups is 1. The molecule has 1 spiro atoms. The zero-order valence-corrected chi connectivity index (χ0v) is 21.9. The number of likely N-dealkylation sites (tertiary alicyclic amines) is 1. The highest BCUT2D eigenvalue weighted by atomic mass is 19.3. The van der Waals surface area contributed by atoms with Crippen molar-refractivity contribution in [2.45, 2.75) is 51.1 Å². The van der Waals surface area contributed by atoms with E-state index >= 15 is 0 Å². The predicted molar refractivity (Wildman–Crippen MR) is 140 cm³/mol. The summed E-state index contributed by atoms with van der Waals surface area (Å²) >= 11 is 0. The first-order chi connectivity index (χ1) is 18.2. The van der Waals surface area contributed by atoms with Crippen LogP contribution in [0.2, 0.25) is 0 Å². The van der Waals surface area contributed by atoms with Gasteiger partial charge < -0.3 is 19.8 Å². The van der Waals surface area contributed by atoms with Crippen LogP contribution in [0.15, 0.2) is 36.5 Å². The fourth-order valence-electron chi connectivity index (χ4n) is 6.40. The van der Waals surface area contributed by atoms with Crippen molar-refractivity contribution >= 4 is 22.6 Å². The number of carbonyl (C=O) groups excluding carboxylic acids is 1. The van der Waals surface area contributed by atoms with E-state index in [9.17, 15) is 18.8 Å². The Balaban J connectivity index is 1.57. The van der Waals surface area contributed by atoms with Crippen LogP contribution in [-0.4, -0.2) is 49.1 Å². The molecule has 1 saturated heterocycles. The number of benzene rings is 2. The largest absolute Gasteiger partial charge is 0.496 e. The molecule has 1 aliphatic carbocycles. The second kappa shape index (κ2) is 9.91. The zero-order chi connectivity index (χ0) is 27.1. The first-order valence-corrected chi connectivity index (χ1v) is 12.8. The highest BCUT2D eigenvalue weighted by Gasteiger charge is 2.58. The summed E-state index contributed by atoms with van der Waals surface area (Å²) in [5, 5.41) is 13.4. The van der Waals surface area contributed by atoms with Gasteiger partial charge in [0, 0.05) is 53.8 Å². The number of H-pyrrole nitrogens is 1. The Labute approximate surface area is 220 Å². The summed E-state index contributed by atoms with van der Waals surface area (Å²) in [4.78, 5) is 17.9. The highest BCUT2D eigenvalue weighted by Crippen LogP contribution is 2.61. The maximum atomic E-state index is 14.1. The Morgan fingerprint density at radius 1 is 1.26 bits per heavy atom. The lowest BCUT2D eigenvalue weighted by Crippen LogP contribution is -2.53. The first-order valence-electron chi connectivity index (χ1n) is 12.8. The van der Waals surface area contributed by atoms with Crippen molar-refractivity contribution in [2.24, 2.45) is 5.41 Å². The van der Waals surface area contributed by atoms with Gasteiger partial charge in [0.15, 0.2) is 0 Å². The molecule has 0 amide bonds. The van der Waals surface area contributed by atoms with Gasteiger partial charge >= 0.3 is 5.97 Å². The van der Waals surface area contributed by atoms with Crippen molar-refractivity contribution in [3.05, 3.63) is 58.8 Å². The van der Waals surface area contributed by atoms with E-state index < -0.39 is 17.3 Å². The Hall–Kier alpha value is -3.64. The number of fused-ring (bicyclic) bond motifs is 1. The molecule has 2 aliphatic rings. The van der Waals surface area contributed by atoms with E-state index in [1.54, 1.807) is 19.2 Å². The standard InChI is InChI=1S/C29H32F2N4O3/c1-18-12-25(37-2)22(20-6-9-34-26(18)20)15-35-11-7-28(16-29(30,31)17-28)14-24(35)21-5-4-19(27(36)38-3)13-23(21)33-10-8-32/h4-6,9,12-13,24,33-34H,7,10-11,14-17H2,1-3H3/t24-/m0/s1. The number of piperidine rings is 1. The van der Waals surface area contributed by atoms with Crippen LogP contribution in [0.1, 0.15) is 58.8 Å². The fraction of sp³-hybridized carbons (Fsp3) is 0.448. The highest BCUT2D eigenvalue weighted by molar-refractivity contribution is 5.91. The number of esters is 1. The van der Waals surface area contributed by atoms with Crippen LogP contribution >= 0.6 is 0 Å². The molecule has 2 N–H and O–H groups in total. The Morgan fingerprint density at radius 3 is 2.74 bits per heavy atom. The Bertz CT molecular complexity index is 1400. The molecule has 200 valence electrons. The number of aryl methyl sites for hydroxylation is 1. The topological polar surface area (TPSA) is 90.4 Å². The molecule has 0 unspecified atom stereocenters. The van der Waals surface area contributed by atoms with Crippen LogP contribution in [0.5, 0.6) is 5.75 Å². The van der Waals surface area contributed by atoms with E-state index in [0.717, 1.165) is 33.3 Å². The average molecular weight is 523 g/mol. The van der Waals surface area contributed by atoms with E-state index in [1.165, 1.54) is 7.11 Å². The molecule has 2 heterocycles. The minimum absolute atomic E-state index is 0.0450. The third-order valence-corrected chi connectivity index (χ3v) is 8.15. The summed E-state index contributed by atoms with van der Waals surface area (Å²) in [6, 6.07) is 11.2. The van der Waals surface area contributed by atoms with Gasteiger partial charge in [-0.3, -0.25) is 4.90 Å². The Morgan fingerprint density at radius 2 is 2.05 bits per heavy atom. The number of nitrogens with one attached hydrogen (secondary N) is 2. The molecule has 1 aliphatic heterocycles. The van der Waals surface area contributed by atoms with Gasteiger partial charge in [-0.1, -0.05) is 6.07 Å². The maximum absolute atomic E-state index is 14.1. The van der Waals surface area contributed by atoms with Crippen LogP contribution in [0.25, 0.3) is 10.9 Å². The number of nitriles is 1. The van der Waals surface area contributed by atoms with Gasteiger partial charge in [-0.05, 0) is 67.1 Å². The first kappa shape index (κ1) is 26.0. The van der Waals surface area contributed by atoms with Gasteiger partial charge in [0.25, 0.3) is 0 Å². The Kier molecular flexibility index (Phi) is 6.78. The third-order valence-electron chi connectivity index (χ3n) is 8.15. The van der Waals surface area contributed by atoms with Gasteiger partial charge in [-0.2, -0.15) is 5.26 Å². The molecule has 9 heteroatoms. The van der Waals surface area contributed by atoms with Crippen molar-refractivity contribution in [1.29, 1.82) is 5.26 Å². The lowest BCUT2D eigenvalue weighted by Gasteiger charge is -2.55. The van der Waals surface area contributed by atoms with Gasteiger partial charge in [0.1, 0.15) is 12.3 Å². The number of nitrogens with zero attached hydrogens (tertiary/aromatic N) is 2. The normalized spacial score (nSPS) is 20.1. The summed E-state index contributed by atoms with van der Waals surface area (Å²) in [7, 11) is 2.98. The zero-order valence-electron chi connectivity index (χ0n) is 21.9. The number of aromatic amines is 1. The molecule has 2 aromatic carbocycles. The van der Waals surface area contributed by atoms with E-state index in [1.807, 2.05) is 31.3 Å². The average Bonchev–Trinajstić information content (AvgIpc) is 3.39. The van der Waals surface area contributed by atoms with Gasteiger partial charge in [0.05, 0.1) is 25.9 Å². The quantitative estimate of drug-likeness (QED) is 0.294. The van der Waals surface area contributed by atoms with Crippen LogP contribution in [0, 0.1) is 23.7 Å². The lowest BCUT2D eigenvalue weighted by atomic mass is 9.58. The maximum Gasteiger partial charge on any atom is 0.337 e. The van der Waals surface area contributed by atoms with Crippen LogP contribution in [0.3, 0.4) is 0 Å².